The Morgan fingerprint density at radius 1 is 1.35 bits per heavy atom. The van der Waals surface area contributed by atoms with Crippen LogP contribution in [0.25, 0.3) is 0 Å². The van der Waals surface area contributed by atoms with Crippen molar-refractivity contribution >= 4 is 17.3 Å². The van der Waals surface area contributed by atoms with Gasteiger partial charge in [0.1, 0.15) is 10.8 Å². The van der Waals surface area contributed by atoms with Gasteiger partial charge in [-0.15, -0.1) is 11.3 Å². The van der Waals surface area contributed by atoms with Crippen molar-refractivity contribution in [1.29, 1.82) is 0 Å². The standard InChI is InChI=1S/C17H19F3N4OS/c1-21-16(23-9-15-24-14(10-26-15)17(18,19)20)22-8-11-6-7-25-13-5-3-2-4-12(11)13/h2-5,10-11H,6-9H2,1H3,(H2,21,22,23). The lowest BCUT2D eigenvalue weighted by atomic mass is 9.93. The van der Waals surface area contributed by atoms with E-state index < -0.39 is 11.9 Å². The number of hydrogen-bond acceptors (Lipinski definition) is 4. The zero-order valence-corrected chi connectivity index (χ0v) is 15.0. The van der Waals surface area contributed by atoms with E-state index >= 15 is 0 Å². The topological polar surface area (TPSA) is 58.5 Å². The number of fused-ring (bicyclic) bond motifs is 1. The third-order valence-corrected chi connectivity index (χ3v) is 4.92. The molecule has 0 amide bonds. The van der Waals surface area contributed by atoms with Crippen LogP contribution in [0.15, 0.2) is 34.6 Å². The van der Waals surface area contributed by atoms with Crippen LogP contribution in [-0.2, 0) is 12.7 Å². The Balaban J connectivity index is 1.54. The van der Waals surface area contributed by atoms with Crippen molar-refractivity contribution in [2.75, 3.05) is 20.2 Å². The first-order valence-corrected chi connectivity index (χ1v) is 9.03. The number of para-hydroxylation sites is 1. The summed E-state index contributed by atoms with van der Waals surface area (Å²) < 4.78 is 43.4. The fourth-order valence-corrected chi connectivity index (χ4v) is 3.49. The van der Waals surface area contributed by atoms with Crippen LogP contribution in [-0.4, -0.2) is 31.1 Å². The fourth-order valence-electron chi connectivity index (χ4n) is 2.75. The lowest BCUT2D eigenvalue weighted by Crippen LogP contribution is -2.39. The average Bonchev–Trinajstić information content (AvgIpc) is 3.11. The molecular weight excluding hydrogens is 365 g/mol. The third-order valence-electron chi connectivity index (χ3n) is 4.07. The smallest absolute Gasteiger partial charge is 0.434 e. The second kappa shape index (κ2) is 7.94. The number of guanidine groups is 1. The number of halogens is 3. The van der Waals surface area contributed by atoms with Crippen molar-refractivity contribution in [3.63, 3.8) is 0 Å². The molecule has 5 nitrogen and oxygen atoms in total. The van der Waals surface area contributed by atoms with Gasteiger partial charge in [-0.05, 0) is 18.1 Å². The predicted molar refractivity (Wildman–Crippen MR) is 94.6 cm³/mol. The summed E-state index contributed by atoms with van der Waals surface area (Å²) in [6.45, 7) is 1.51. The van der Waals surface area contributed by atoms with E-state index in [0.29, 0.717) is 24.1 Å². The van der Waals surface area contributed by atoms with Gasteiger partial charge in [-0.25, -0.2) is 4.98 Å². The highest BCUT2D eigenvalue weighted by Crippen LogP contribution is 2.32. The number of ether oxygens (including phenoxy) is 1. The van der Waals surface area contributed by atoms with Gasteiger partial charge in [0.15, 0.2) is 11.7 Å². The van der Waals surface area contributed by atoms with Crippen LogP contribution >= 0.6 is 11.3 Å². The van der Waals surface area contributed by atoms with Crippen molar-refractivity contribution < 1.29 is 17.9 Å². The lowest BCUT2D eigenvalue weighted by molar-refractivity contribution is -0.140. The van der Waals surface area contributed by atoms with Crippen molar-refractivity contribution in [2.24, 2.45) is 4.99 Å². The lowest BCUT2D eigenvalue weighted by Gasteiger charge is -2.26. The Morgan fingerprint density at radius 2 is 2.15 bits per heavy atom. The van der Waals surface area contributed by atoms with E-state index in [1.165, 1.54) is 0 Å². The molecule has 9 heteroatoms. The number of hydrogen-bond donors (Lipinski definition) is 2. The van der Waals surface area contributed by atoms with Crippen LogP contribution in [0.1, 0.15) is 28.6 Å². The molecule has 2 N–H and O–H groups in total. The maximum Gasteiger partial charge on any atom is 0.434 e. The predicted octanol–water partition coefficient (Wildman–Crippen LogP) is 3.39. The van der Waals surface area contributed by atoms with Crippen LogP contribution in [0.3, 0.4) is 0 Å². The molecule has 0 saturated heterocycles. The summed E-state index contributed by atoms with van der Waals surface area (Å²) in [6, 6.07) is 7.92. The van der Waals surface area contributed by atoms with E-state index in [2.05, 4.69) is 20.6 Å². The molecular formula is C17H19F3N4OS. The minimum atomic E-state index is -4.41. The number of aliphatic imine (C=N–C) groups is 1. The normalized spacial score (nSPS) is 17.4. The summed E-state index contributed by atoms with van der Waals surface area (Å²) >= 11 is 0.973. The Hall–Kier alpha value is -2.29. The second-order valence-corrected chi connectivity index (χ2v) is 6.75. The van der Waals surface area contributed by atoms with Gasteiger partial charge < -0.3 is 15.4 Å². The van der Waals surface area contributed by atoms with E-state index in [0.717, 1.165) is 34.5 Å². The molecule has 1 aliphatic rings. The zero-order chi connectivity index (χ0) is 18.6. The largest absolute Gasteiger partial charge is 0.493 e. The highest BCUT2D eigenvalue weighted by atomic mass is 32.1. The van der Waals surface area contributed by atoms with E-state index in [1.54, 1.807) is 7.05 Å². The summed E-state index contributed by atoms with van der Waals surface area (Å²) in [4.78, 5) is 7.72. The summed E-state index contributed by atoms with van der Waals surface area (Å²) in [5.41, 5.74) is 0.289. The Morgan fingerprint density at radius 3 is 2.88 bits per heavy atom. The SMILES string of the molecule is CN=C(NCc1nc(C(F)(F)F)cs1)NCC1CCOc2ccccc21. The van der Waals surface area contributed by atoms with E-state index in [1.807, 2.05) is 24.3 Å². The minimum absolute atomic E-state index is 0.185. The van der Waals surface area contributed by atoms with E-state index in [-0.39, 0.29) is 12.5 Å². The van der Waals surface area contributed by atoms with Gasteiger partial charge in [0, 0.05) is 24.9 Å². The van der Waals surface area contributed by atoms with Crippen molar-refractivity contribution in [2.45, 2.75) is 25.1 Å². The van der Waals surface area contributed by atoms with Crippen LogP contribution in [0, 0.1) is 0 Å². The molecule has 1 atom stereocenters. The monoisotopic (exact) mass is 384 g/mol. The first kappa shape index (κ1) is 18.5. The molecule has 2 heterocycles. The molecule has 0 aliphatic carbocycles. The summed E-state index contributed by atoms with van der Waals surface area (Å²) in [5, 5.41) is 7.61. The Labute approximate surface area is 153 Å². The van der Waals surface area contributed by atoms with Crippen molar-refractivity contribution in [3.8, 4) is 5.75 Å². The van der Waals surface area contributed by atoms with Gasteiger partial charge in [-0.3, -0.25) is 4.99 Å². The minimum Gasteiger partial charge on any atom is -0.493 e. The molecule has 140 valence electrons. The van der Waals surface area contributed by atoms with Crippen LogP contribution in [0.4, 0.5) is 13.2 Å². The number of benzene rings is 1. The van der Waals surface area contributed by atoms with E-state index in [4.69, 9.17) is 4.74 Å². The molecule has 0 fully saturated rings. The van der Waals surface area contributed by atoms with Gasteiger partial charge in [0.25, 0.3) is 0 Å². The molecule has 1 aromatic heterocycles. The first-order chi connectivity index (χ1) is 12.5. The fraction of sp³-hybridized carbons (Fsp3) is 0.412. The molecule has 2 aromatic rings. The van der Waals surface area contributed by atoms with Gasteiger partial charge in [0.05, 0.1) is 13.2 Å². The molecule has 0 bridgehead atoms. The first-order valence-electron chi connectivity index (χ1n) is 8.15. The number of alkyl halides is 3. The second-order valence-electron chi connectivity index (χ2n) is 5.80. The highest BCUT2D eigenvalue weighted by molar-refractivity contribution is 7.09. The van der Waals surface area contributed by atoms with Gasteiger partial charge in [0.2, 0.25) is 0 Å². The molecule has 3 rings (SSSR count). The van der Waals surface area contributed by atoms with E-state index in [9.17, 15) is 13.2 Å². The number of aromatic nitrogens is 1. The molecule has 26 heavy (non-hydrogen) atoms. The third kappa shape index (κ3) is 4.46. The quantitative estimate of drug-likeness (QED) is 0.627. The van der Waals surface area contributed by atoms with Crippen LogP contribution < -0.4 is 15.4 Å². The molecule has 0 radical (unpaired) electrons. The number of rotatable bonds is 4. The molecule has 1 unspecified atom stereocenters. The number of nitrogens with zero attached hydrogens (tertiary/aromatic N) is 2. The Kier molecular flexibility index (Phi) is 5.65. The van der Waals surface area contributed by atoms with Gasteiger partial charge >= 0.3 is 6.18 Å². The molecule has 0 saturated carbocycles. The zero-order valence-electron chi connectivity index (χ0n) is 14.1. The van der Waals surface area contributed by atoms with Gasteiger partial charge in [-0.1, -0.05) is 18.2 Å². The van der Waals surface area contributed by atoms with Crippen molar-refractivity contribution in [3.05, 3.63) is 45.9 Å². The number of thiazole rings is 1. The average molecular weight is 384 g/mol. The van der Waals surface area contributed by atoms with Crippen molar-refractivity contribution in [1.82, 2.24) is 15.6 Å². The highest BCUT2D eigenvalue weighted by Gasteiger charge is 2.33. The van der Waals surface area contributed by atoms with Crippen LogP contribution in [0.2, 0.25) is 0 Å². The maximum atomic E-state index is 12.6. The van der Waals surface area contributed by atoms with Gasteiger partial charge in [-0.2, -0.15) is 13.2 Å². The summed E-state index contributed by atoms with van der Waals surface area (Å²) in [5.74, 6) is 1.71. The maximum absolute atomic E-state index is 12.6. The Bertz CT molecular complexity index is 775. The summed E-state index contributed by atoms with van der Waals surface area (Å²) in [6.07, 6.45) is -3.52. The van der Waals surface area contributed by atoms with Crippen LogP contribution in [0.5, 0.6) is 5.75 Å². The number of nitrogens with one attached hydrogen (secondary N) is 2. The molecule has 0 spiro atoms. The molecule has 1 aliphatic heterocycles. The summed E-state index contributed by atoms with van der Waals surface area (Å²) in [7, 11) is 1.62. The molecule has 1 aromatic carbocycles.